The van der Waals surface area contributed by atoms with Gasteiger partial charge in [0.25, 0.3) is 0 Å². The predicted octanol–water partition coefficient (Wildman–Crippen LogP) is 2.90. The van der Waals surface area contributed by atoms with Gasteiger partial charge in [0.2, 0.25) is 12.7 Å². The summed E-state index contributed by atoms with van der Waals surface area (Å²) in [7, 11) is 0. The molecule has 142 valence electrons. The lowest BCUT2D eigenvalue weighted by Crippen LogP contribution is -2.46. The van der Waals surface area contributed by atoms with Gasteiger partial charge in [-0.1, -0.05) is 0 Å². The lowest BCUT2D eigenvalue weighted by molar-refractivity contribution is 0.102. The van der Waals surface area contributed by atoms with Crippen molar-refractivity contribution in [1.82, 2.24) is 14.9 Å². The molecule has 2 amide bonds. The number of piperidine rings is 1. The molecule has 3 heterocycles. The maximum atomic E-state index is 12.6. The monoisotopic (exact) mass is 370 g/mol. The Morgan fingerprint density at radius 3 is 2.93 bits per heavy atom. The number of nitrogens with zero attached hydrogens (tertiary/aromatic N) is 3. The Morgan fingerprint density at radius 2 is 2.07 bits per heavy atom. The average Bonchev–Trinajstić information content (AvgIpc) is 3.09. The highest BCUT2D eigenvalue weighted by Crippen LogP contribution is 2.34. The number of likely N-dealkylation sites (tertiary alicyclic amines) is 1. The number of nitrogens with one attached hydrogen (secondary N) is 1. The molecule has 1 aromatic heterocycles. The average molecular weight is 370 g/mol. The van der Waals surface area contributed by atoms with Crippen LogP contribution in [-0.2, 0) is 0 Å². The summed E-state index contributed by atoms with van der Waals surface area (Å²) in [5.41, 5.74) is 1.54. The minimum atomic E-state index is -0.155. The van der Waals surface area contributed by atoms with Crippen LogP contribution in [0.25, 0.3) is 0 Å². The summed E-state index contributed by atoms with van der Waals surface area (Å²) in [5.74, 6) is 2.57. The summed E-state index contributed by atoms with van der Waals surface area (Å²) in [6, 6.07) is 7.02. The number of benzene rings is 1. The number of amides is 2. The first-order valence-corrected chi connectivity index (χ1v) is 9.01. The Labute approximate surface area is 157 Å². The van der Waals surface area contributed by atoms with Gasteiger partial charge < -0.3 is 24.4 Å². The van der Waals surface area contributed by atoms with Gasteiger partial charge in [0, 0.05) is 30.1 Å². The minimum absolute atomic E-state index is 0.0880. The second-order valence-electron chi connectivity index (χ2n) is 6.72. The van der Waals surface area contributed by atoms with E-state index in [4.69, 9.17) is 14.2 Å². The molecule has 0 bridgehead atoms. The van der Waals surface area contributed by atoms with E-state index in [1.54, 1.807) is 23.1 Å². The van der Waals surface area contributed by atoms with Gasteiger partial charge in [-0.15, -0.1) is 0 Å². The first-order chi connectivity index (χ1) is 13.1. The molecule has 1 N–H and O–H groups in total. The summed E-state index contributed by atoms with van der Waals surface area (Å²) in [6.45, 7) is 5.16. The Bertz CT molecular complexity index is 837. The molecule has 1 saturated heterocycles. The van der Waals surface area contributed by atoms with E-state index >= 15 is 0 Å². The fourth-order valence-electron chi connectivity index (χ4n) is 3.31. The van der Waals surface area contributed by atoms with Crippen molar-refractivity contribution in [2.24, 2.45) is 0 Å². The number of fused-ring (bicyclic) bond motifs is 1. The van der Waals surface area contributed by atoms with Crippen molar-refractivity contribution in [3.05, 3.63) is 35.8 Å². The van der Waals surface area contributed by atoms with Crippen LogP contribution >= 0.6 is 0 Å². The third-order valence-corrected chi connectivity index (χ3v) is 4.52. The Hall–Kier alpha value is -3.03. The Kier molecular flexibility index (Phi) is 4.70. The smallest absolute Gasteiger partial charge is 0.321 e. The van der Waals surface area contributed by atoms with Crippen LogP contribution in [0.2, 0.25) is 0 Å². The highest BCUT2D eigenvalue weighted by molar-refractivity contribution is 5.89. The molecule has 8 heteroatoms. The molecule has 4 rings (SSSR count). The quantitative estimate of drug-likeness (QED) is 0.894. The third kappa shape index (κ3) is 4.05. The van der Waals surface area contributed by atoms with Gasteiger partial charge in [0.05, 0.1) is 6.54 Å². The van der Waals surface area contributed by atoms with Gasteiger partial charge in [-0.25, -0.2) is 9.78 Å². The molecule has 1 fully saturated rings. The number of anilines is 1. The summed E-state index contributed by atoms with van der Waals surface area (Å²) in [5, 5.41) is 2.91. The number of hydrogen-bond donors (Lipinski definition) is 1. The van der Waals surface area contributed by atoms with Gasteiger partial charge in [-0.3, -0.25) is 0 Å². The molecule has 2 aliphatic rings. The van der Waals surface area contributed by atoms with Crippen LogP contribution in [0.15, 0.2) is 24.3 Å². The van der Waals surface area contributed by atoms with Crippen LogP contribution in [-0.4, -0.2) is 46.9 Å². The molecule has 27 heavy (non-hydrogen) atoms. The van der Waals surface area contributed by atoms with E-state index in [1.807, 2.05) is 19.9 Å². The summed E-state index contributed by atoms with van der Waals surface area (Å²) in [6.07, 6.45) is 1.67. The Balaban J connectivity index is 1.38. The fourth-order valence-corrected chi connectivity index (χ4v) is 3.31. The number of aryl methyl sites for hydroxylation is 2. The van der Waals surface area contributed by atoms with Gasteiger partial charge in [-0.2, -0.15) is 4.98 Å². The number of carbonyl (C=O) groups is 1. The zero-order chi connectivity index (χ0) is 18.8. The highest BCUT2D eigenvalue weighted by atomic mass is 16.7. The number of hydrogen-bond acceptors (Lipinski definition) is 6. The van der Waals surface area contributed by atoms with Crippen molar-refractivity contribution < 1.29 is 19.0 Å². The zero-order valence-corrected chi connectivity index (χ0v) is 15.4. The largest absolute Gasteiger partial charge is 0.472 e. The van der Waals surface area contributed by atoms with Crippen LogP contribution in [0.3, 0.4) is 0 Å². The first kappa shape index (κ1) is 17.4. The van der Waals surface area contributed by atoms with E-state index in [0.29, 0.717) is 42.0 Å². The summed E-state index contributed by atoms with van der Waals surface area (Å²) in [4.78, 5) is 23.0. The number of carbonyl (C=O) groups excluding carboxylic acids is 1. The van der Waals surface area contributed by atoms with E-state index in [2.05, 4.69) is 15.3 Å². The molecule has 1 unspecified atom stereocenters. The van der Waals surface area contributed by atoms with E-state index in [-0.39, 0.29) is 18.9 Å². The van der Waals surface area contributed by atoms with Crippen LogP contribution in [0, 0.1) is 13.8 Å². The van der Waals surface area contributed by atoms with Gasteiger partial charge in [0.15, 0.2) is 11.5 Å². The van der Waals surface area contributed by atoms with E-state index in [0.717, 1.165) is 18.5 Å². The van der Waals surface area contributed by atoms with Gasteiger partial charge in [0.1, 0.15) is 11.9 Å². The second-order valence-corrected chi connectivity index (χ2v) is 6.72. The van der Waals surface area contributed by atoms with E-state index < -0.39 is 0 Å². The molecular formula is C19H22N4O4. The molecule has 1 aromatic carbocycles. The van der Waals surface area contributed by atoms with Gasteiger partial charge >= 0.3 is 6.03 Å². The SMILES string of the molecule is Cc1cc(OC2CCCN(C(=O)Nc3ccc4c(c3)OCO4)C2)nc(C)n1. The number of ether oxygens (including phenoxy) is 3. The Morgan fingerprint density at radius 1 is 1.22 bits per heavy atom. The molecule has 0 saturated carbocycles. The molecule has 1 atom stereocenters. The molecular weight excluding hydrogens is 348 g/mol. The second kappa shape index (κ2) is 7.30. The van der Waals surface area contributed by atoms with Crippen molar-refractivity contribution in [2.45, 2.75) is 32.8 Å². The molecule has 8 nitrogen and oxygen atoms in total. The summed E-state index contributed by atoms with van der Waals surface area (Å²) < 4.78 is 16.6. The molecule has 0 radical (unpaired) electrons. The van der Waals surface area contributed by atoms with Crippen molar-refractivity contribution >= 4 is 11.7 Å². The summed E-state index contributed by atoms with van der Waals surface area (Å²) >= 11 is 0. The lowest BCUT2D eigenvalue weighted by atomic mass is 10.1. The lowest BCUT2D eigenvalue weighted by Gasteiger charge is -2.32. The van der Waals surface area contributed by atoms with Crippen LogP contribution in [0.4, 0.5) is 10.5 Å². The predicted molar refractivity (Wildman–Crippen MR) is 98.3 cm³/mol. The standard InChI is InChI=1S/C19H22N4O4/c1-12-8-18(21-13(2)20-12)27-15-4-3-7-23(10-15)19(24)22-14-5-6-16-17(9-14)26-11-25-16/h5-6,8-9,15H,3-4,7,10-11H2,1-2H3,(H,22,24). The molecule has 0 spiro atoms. The van der Waals surface area contributed by atoms with E-state index in [9.17, 15) is 4.79 Å². The van der Waals surface area contributed by atoms with E-state index in [1.165, 1.54) is 0 Å². The minimum Gasteiger partial charge on any atom is -0.472 e. The topological polar surface area (TPSA) is 85.8 Å². The maximum Gasteiger partial charge on any atom is 0.321 e. The normalized spacial score (nSPS) is 18.3. The number of urea groups is 1. The van der Waals surface area contributed by atoms with Gasteiger partial charge in [-0.05, 0) is 38.8 Å². The maximum absolute atomic E-state index is 12.6. The molecule has 0 aliphatic carbocycles. The fraction of sp³-hybridized carbons (Fsp3) is 0.421. The van der Waals surface area contributed by atoms with Crippen molar-refractivity contribution in [1.29, 1.82) is 0 Å². The van der Waals surface area contributed by atoms with Crippen LogP contribution in [0.5, 0.6) is 17.4 Å². The van der Waals surface area contributed by atoms with Crippen LogP contribution < -0.4 is 19.5 Å². The number of rotatable bonds is 3. The van der Waals surface area contributed by atoms with Crippen molar-refractivity contribution in [3.8, 4) is 17.4 Å². The van der Waals surface area contributed by atoms with Crippen LogP contribution in [0.1, 0.15) is 24.4 Å². The van der Waals surface area contributed by atoms with Crippen molar-refractivity contribution in [3.63, 3.8) is 0 Å². The first-order valence-electron chi connectivity index (χ1n) is 9.01. The third-order valence-electron chi connectivity index (χ3n) is 4.52. The number of aromatic nitrogens is 2. The molecule has 2 aliphatic heterocycles. The van der Waals surface area contributed by atoms with Crippen molar-refractivity contribution in [2.75, 3.05) is 25.2 Å². The zero-order valence-electron chi connectivity index (χ0n) is 15.4. The molecule has 2 aromatic rings. The highest BCUT2D eigenvalue weighted by Gasteiger charge is 2.26.